The van der Waals surface area contributed by atoms with Gasteiger partial charge in [0.1, 0.15) is 11.5 Å². The summed E-state index contributed by atoms with van der Waals surface area (Å²) in [6, 6.07) is 7.62. The smallest absolute Gasteiger partial charge is 0.367 e. The molecule has 3 aromatic rings. The molecule has 6 nitrogen and oxygen atoms in total. The summed E-state index contributed by atoms with van der Waals surface area (Å²) in [6.07, 6.45) is -5.90. The van der Waals surface area contributed by atoms with Crippen molar-refractivity contribution in [2.45, 2.75) is 57.3 Å². The average molecular weight is 570 g/mol. The van der Waals surface area contributed by atoms with Crippen LogP contribution in [0.3, 0.4) is 0 Å². The van der Waals surface area contributed by atoms with Crippen LogP contribution in [0.4, 0.5) is 30.7 Å². The van der Waals surface area contributed by atoms with Crippen LogP contribution in [0.5, 0.6) is 0 Å². The van der Waals surface area contributed by atoms with Crippen LogP contribution in [0.1, 0.15) is 49.2 Å². The Labute approximate surface area is 225 Å². The Kier molecular flexibility index (Phi) is 7.05. The molecule has 2 aliphatic heterocycles. The number of aromatic nitrogens is 2. The highest BCUT2D eigenvalue weighted by molar-refractivity contribution is 5.66. The fraction of sp³-hybridized carbons (Fsp3) is 0.407. The molecule has 0 amide bonds. The SMILES string of the molecule is CC1C[C@H](C2(C)NC=C(c3ccc(C(F)(F)F)cc3)N2)CCN1Cc1noc(-c2ccc(F)c(C(F)(F)F)c2)n1. The highest BCUT2D eigenvalue weighted by Crippen LogP contribution is 2.37. The van der Waals surface area contributed by atoms with Crippen molar-refractivity contribution >= 4 is 5.70 Å². The number of hydrogen-bond acceptors (Lipinski definition) is 6. The largest absolute Gasteiger partial charge is 0.419 e. The number of rotatable bonds is 5. The van der Waals surface area contributed by atoms with Gasteiger partial charge in [-0.25, -0.2) is 4.39 Å². The van der Waals surface area contributed by atoms with E-state index >= 15 is 0 Å². The van der Waals surface area contributed by atoms with Crippen LogP contribution in [-0.4, -0.2) is 33.3 Å². The molecule has 3 heterocycles. The summed E-state index contributed by atoms with van der Waals surface area (Å²) in [4.78, 5) is 6.36. The predicted octanol–water partition coefficient (Wildman–Crippen LogP) is 6.42. The van der Waals surface area contributed by atoms with Gasteiger partial charge in [-0.15, -0.1) is 0 Å². The minimum absolute atomic E-state index is 0.0260. The van der Waals surface area contributed by atoms with Crippen LogP contribution in [0, 0.1) is 11.7 Å². The molecule has 1 saturated heterocycles. The summed E-state index contributed by atoms with van der Waals surface area (Å²) >= 11 is 0. The van der Waals surface area contributed by atoms with Gasteiger partial charge in [0.25, 0.3) is 5.89 Å². The molecule has 0 saturated carbocycles. The summed E-state index contributed by atoms with van der Waals surface area (Å²) < 4.78 is 96.7. The number of nitrogens with one attached hydrogen (secondary N) is 2. The quantitative estimate of drug-likeness (QED) is 0.346. The molecular formula is C27H26F7N5O. The maximum absolute atomic E-state index is 13.6. The number of likely N-dealkylation sites (tertiary alicyclic amines) is 1. The van der Waals surface area contributed by atoms with Gasteiger partial charge in [-0.05, 0) is 69.1 Å². The van der Waals surface area contributed by atoms with Crippen molar-refractivity contribution in [3.63, 3.8) is 0 Å². The summed E-state index contributed by atoms with van der Waals surface area (Å²) in [5, 5.41) is 10.7. The molecule has 1 aromatic heterocycles. The van der Waals surface area contributed by atoms with Gasteiger partial charge in [-0.3, -0.25) is 4.90 Å². The van der Waals surface area contributed by atoms with Gasteiger partial charge in [0.05, 0.1) is 23.4 Å². The summed E-state index contributed by atoms with van der Waals surface area (Å²) in [6.45, 7) is 5.05. The van der Waals surface area contributed by atoms with Crippen LogP contribution < -0.4 is 10.6 Å². The Morgan fingerprint density at radius 1 is 1.02 bits per heavy atom. The van der Waals surface area contributed by atoms with Crippen molar-refractivity contribution in [1.29, 1.82) is 0 Å². The van der Waals surface area contributed by atoms with Gasteiger partial charge in [-0.1, -0.05) is 17.3 Å². The zero-order valence-electron chi connectivity index (χ0n) is 21.5. The fourth-order valence-electron chi connectivity index (χ4n) is 5.26. The molecule has 2 aliphatic rings. The van der Waals surface area contributed by atoms with E-state index in [1.807, 2.05) is 13.8 Å². The van der Waals surface area contributed by atoms with E-state index in [1.54, 1.807) is 6.20 Å². The van der Waals surface area contributed by atoms with Crippen molar-refractivity contribution in [3.05, 3.63) is 77.0 Å². The van der Waals surface area contributed by atoms with Gasteiger partial charge in [-0.2, -0.15) is 31.3 Å². The summed E-state index contributed by atoms with van der Waals surface area (Å²) in [7, 11) is 0. The van der Waals surface area contributed by atoms with E-state index in [0.717, 1.165) is 37.1 Å². The van der Waals surface area contributed by atoms with Crippen molar-refractivity contribution in [2.24, 2.45) is 5.92 Å². The Balaban J connectivity index is 1.20. The van der Waals surface area contributed by atoms with Crippen LogP contribution >= 0.6 is 0 Å². The molecule has 2 unspecified atom stereocenters. The lowest BCUT2D eigenvalue weighted by Crippen LogP contribution is -2.57. The van der Waals surface area contributed by atoms with Gasteiger partial charge in [0.2, 0.25) is 0 Å². The molecular weight excluding hydrogens is 543 g/mol. The third-order valence-electron chi connectivity index (χ3n) is 7.60. The Bertz CT molecular complexity index is 1400. The highest BCUT2D eigenvalue weighted by atomic mass is 19.4. The minimum atomic E-state index is -4.85. The number of benzene rings is 2. The van der Waals surface area contributed by atoms with Gasteiger partial charge < -0.3 is 15.2 Å². The zero-order valence-corrected chi connectivity index (χ0v) is 21.5. The Morgan fingerprint density at radius 2 is 1.73 bits per heavy atom. The second-order valence-corrected chi connectivity index (χ2v) is 10.4. The molecule has 40 heavy (non-hydrogen) atoms. The first-order valence-electron chi connectivity index (χ1n) is 12.6. The molecule has 5 rings (SSSR count). The number of alkyl halides is 6. The zero-order chi connectivity index (χ0) is 28.9. The van der Waals surface area contributed by atoms with Gasteiger partial charge in [0, 0.05) is 23.7 Å². The van der Waals surface area contributed by atoms with Crippen molar-refractivity contribution in [2.75, 3.05) is 6.54 Å². The van der Waals surface area contributed by atoms with Crippen LogP contribution in [-0.2, 0) is 18.9 Å². The maximum Gasteiger partial charge on any atom is 0.419 e. The number of hydrogen-bond donors (Lipinski definition) is 2. The van der Waals surface area contributed by atoms with E-state index < -0.39 is 35.0 Å². The Morgan fingerprint density at radius 3 is 2.38 bits per heavy atom. The molecule has 3 atom stereocenters. The second-order valence-electron chi connectivity index (χ2n) is 10.4. The lowest BCUT2D eigenvalue weighted by Gasteiger charge is -2.44. The van der Waals surface area contributed by atoms with E-state index in [-0.39, 0.29) is 23.4 Å². The molecule has 214 valence electrons. The topological polar surface area (TPSA) is 66.2 Å². The first-order chi connectivity index (χ1) is 18.7. The third kappa shape index (κ3) is 5.65. The molecule has 0 radical (unpaired) electrons. The maximum atomic E-state index is 13.6. The molecule has 2 aromatic carbocycles. The summed E-state index contributed by atoms with van der Waals surface area (Å²) in [5.74, 6) is -1.03. The first kappa shape index (κ1) is 27.9. The van der Waals surface area contributed by atoms with Crippen LogP contribution in [0.2, 0.25) is 0 Å². The molecule has 13 heteroatoms. The van der Waals surface area contributed by atoms with E-state index in [9.17, 15) is 30.7 Å². The summed E-state index contributed by atoms with van der Waals surface area (Å²) in [5.41, 5.74) is -1.28. The lowest BCUT2D eigenvalue weighted by molar-refractivity contribution is -0.140. The highest BCUT2D eigenvalue weighted by Gasteiger charge is 2.41. The Hall–Kier alpha value is -3.61. The van der Waals surface area contributed by atoms with Crippen LogP contribution in [0.25, 0.3) is 17.2 Å². The van der Waals surface area contributed by atoms with Crippen molar-refractivity contribution in [1.82, 2.24) is 25.7 Å². The van der Waals surface area contributed by atoms with Crippen LogP contribution in [0.15, 0.2) is 53.2 Å². The fourth-order valence-corrected chi connectivity index (χ4v) is 5.26. The van der Waals surface area contributed by atoms with E-state index in [1.165, 1.54) is 12.1 Å². The third-order valence-corrected chi connectivity index (χ3v) is 7.60. The van der Waals surface area contributed by atoms with Gasteiger partial charge >= 0.3 is 12.4 Å². The lowest BCUT2D eigenvalue weighted by atomic mass is 9.82. The van der Waals surface area contributed by atoms with E-state index in [0.29, 0.717) is 36.2 Å². The molecule has 1 fully saturated rings. The van der Waals surface area contributed by atoms with E-state index in [4.69, 9.17) is 4.52 Å². The van der Waals surface area contributed by atoms with Crippen molar-refractivity contribution < 1.29 is 35.3 Å². The molecule has 0 spiro atoms. The standard InChI is InChI=1S/C27H26F7N5O/c1-15-11-19(25(2)35-13-22(37-25)16-3-6-18(7-4-16)26(29,30)31)9-10-39(15)14-23-36-24(40-38-23)17-5-8-21(28)20(12-17)27(32,33)34/h3-8,12-13,15,19,35,37H,9-11,14H2,1-2H3/t15?,19-,25?/m1/s1. The molecule has 2 N–H and O–H groups in total. The molecule has 0 bridgehead atoms. The molecule has 0 aliphatic carbocycles. The first-order valence-corrected chi connectivity index (χ1v) is 12.6. The number of halogens is 7. The minimum Gasteiger partial charge on any atom is -0.367 e. The van der Waals surface area contributed by atoms with E-state index in [2.05, 4.69) is 25.7 Å². The average Bonchev–Trinajstić information content (AvgIpc) is 3.52. The van der Waals surface area contributed by atoms with Gasteiger partial charge in [0.15, 0.2) is 5.82 Å². The normalized spacial score (nSPS) is 24.0. The second kappa shape index (κ2) is 10.1. The number of piperidine rings is 1. The monoisotopic (exact) mass is 569 g/mol. The predicted molar refractivity (Wildman–Crippen MR) is 131 cm³/mol. The van der Waals surface area contributed by atoms with Crippen molar-refractivity contribution in [3.8, 4) is 11.5 Å². The number of nitrogens with zero attached hydrogens (tertiary/aromatic N) is 3.